The van der Waals surface area contributed by atoms with Gasteiger partial charge < -0.3 is 4.74 Å². The van der Waals surface area contributed by atoms with Crippen LogP contribution in [0.15, 0.2) is 18.3 Å². The van der Waals surface area contributed by atoms with Gasteiger partial charge in [-0.15, -0.1) is 0 Å². The van der Waals surface area contributed by atoms with Crippen molar-refractivity contribution in [3.63, 3.8) is 0 Å². The van der Waals surface area contributed by atoms with E-state index in [1.54, 1.807) is 0 Å². The standard InChI is InChI=1S/C9H4F9NO/c10-7(11,12)4-2-1-3-19-5(4)20-6(8(13,14)15)9(16,17)18/h1-3,6H. The Labute approximate surface area is 105 Å². The van der Waals surface area contributed by atoms with Crippen molar-refractivity contribution in [1.29, 1.82) is 0 Å². The van der Waals surface area contributed by atoms with E-state index in [0.29, 0.717) is 12.3 Å². The maximum atomic E-state index is 12.4. The Morgan fingerprint density at radius 1 is 0.900 bits per heavy atom. The zero-order valence-electron chi connectivity index (χ0n) is 9.07. The molecule has 0 unspecified atom stereocenters. The number of ether oxygens (including phenoxy) is 1. The first kappa shape index (κ1) is 16.4. The molecular weight excluding hydrogens is 309 g/mol. The van der Waals surface area contributed by atoms with Gasteiger partial charge in [0.15, 0.2) is 0 Å². The number of halogens is 9. The van der Waals surface area contributed by atoms with Crippen molar-refractivity contribution in [1.82, 2.24) is 4.98 Å². The number of pyridine rings is 1. The van der Waals surface area contributed by atoms with Gasteiger partial charge in [-0.05, 0) is 12.1 Å². The monoisotopic (exact) mass is 313 g/mol. The largest absolute Gasteiger partial charge is 0.454 e. The average molecular weight is 313 g/mol. The Balaban J connectivity index is 3.20. The van der Waals surface area contributed by atoms with Gasteiger partial charge in [0, 0.05) is 6.20 Å². The molecule has 0 fully saturated rings. The molecule has 11 heteroatoms. The second-order valence-corrected chi connectivity index (χ2v) is 3.43. The summed E-state index contributed by atoms with van der Waals surface area (Å²) in [5.74, 6) is -1.79. The van der Waals surface area contributed by atoms with Crippen molar-refractivity contribution >= 4 is 0 Å². The summed E-state index contributed by atoms with van der Waals surface area (Å²) in [5, 5.41) is 0. The first-order chi connectivity index (χ1) is 8.83. The van der Waals surface area contributed by atoms with E-state index >= 15 is 0 Å². The Bertz CT molecular complexity index is 448. The summed E-state index contributed by atoms with van der Waals surface area (Å²) in [4.78, 5) is 2.77. The predicted molar refractivity (Wildman–Crippen MR) is 45.8 cm³/mol. The average Bonchev–Trinajstić information content (AvgIpc) is 2.22. The number of rotatable bonds is 2. The van der Waals surface area contributed by atoms with Crippen LogP contribution in [-0.2, 0) is 6.18 Å². The van der Waals surface area contributed by atoms with Gasteiger partial charge >= 0.3 is 18.5 Å². The highest BCUT2D eigenvalue weighted by molar-refractivity contribution is 5.28. The third-order valence-electron chi connectivity index (χ3n) is 1.90. The fourth-order valence-electron chi connectivity index (χ4n) is 1.13. The van der Waals surface area contributed by atoms with E-state index in [0.717, 1.165) is 0 Å². The van der Waals surface area contributed by atoms with Gasteiger partial charge in [0.25, 0.3) is 6.10 Å². The Hall–Kier alpha value is -1.68. The Morgan fingerprint density at radius 2 is 1.40 bits per heavy atom. The van der Waals surface area contributed by atoms with Crippen LogP contribution in [0.4, 0.5) is 39.5 Å². The molecule has 0 aromatic carbocycles. The number of hydrogen-bond acceptors (Lipinski definition) is 2. The second kappa shape index (κ2) is 5.02. The number of alkyl halides is 9. The van der Waals surface area contributed by atoms with Crippen molar-refractivity contribution < 1.29 is 44.3 Å². The van der Waals surface area contributed by atoms with E-state index in [4.69, 9.17) is 0 Å². The molecule has 1 aromatic rings. The molecule has 1 heterocycles. The molecule has 1 aromatic heterocycles. The van der Waals surface area contributed by atoms with Gasteiger partial charge in [-0.1, -0.05) is 0 Å². The first-order valence-electron chi connectivity index (χ1n) is 4.66. The minimum atomic E-state index is -5.93. The van der Waals surface area contributed by atoms with Crippen LogP contribution in [0.1, 0.15) is 5.56 Å². The molecule has 0 bridgehead atoms. The van der Waals surface area contributed by atoms with Crippen LogP contribution in [0.25, 0.3) is 0 Å². The van der Waals surface area contributed by atoms with Crippen LogP contribution in [0.5, 0.6) is 5.88 Å². The number of hydrogen-bond donors (Lipinski definition) is 0. The van der Waals surface area contributed by atoms with Gasteiger partial charge in [-0.25, -0.2) is 4.98 Å². The van der Waals surface area contributed by atoms with Crippen molar-refractivity contribution in [2.45, 2.75) is 24.6 Å². The third-order valence-corrected chi connectivity index (χ3v) is 1.90. The van der Waals surface area contributed by atoms with Crippen LogP contribution in [-0.4, -0.2) is 23.4 Å². The van der Waals surface area contributed by atoms with Crippen LogP contribution in [0.2, 0.25) is 0 Å². The van der Waals surface area contributed by atoms with Crippen molar-refractivity contribution in [2.24, 2.45) is 0 Å². The summed E-state index contributed by atoms with van der Waals surface area (Å²) < 4.78 is 114. The SMILES string of the molecule is FC(F)(F)c1cccnc1OC(C(F)(F)F)C(F)(F)F. The normalized spacial score (nSPS) is 13.7. The minimum absolute atomic E-state index is 0.256. The van der Waals surface area contributed by atoms with Crippen LogP contribution >= 0.6 is 0 Å². The van der Waals surface area contributed by atoms with Gasteiger partial charge in [0.1, 0.15) is 5.56 Å². The smallest absolute Gasteiger partial charge is 0.434 e. The van der Waals surface area contributed by atoms with Crippen molar-refractivity contribution in [3.8, 4) is 5.88 Å². The molecule has 0 aliphatic heterocycles. The van der Waals surface area contributed by atoms with E-state index in [2.05, 4.69) is 9.72 Å². The molecule has 0 amide bonds. The van der Waals surface area contributed by atoms with Crippen LogP contribution < -0.4 is 4.74 Å². The molecular formula is C9H4F9NO. The van der Waals surface area contributed by atoms with Crippen molar-refractivity contribution in [3.05, 3.63) is 23.9 Å². The molecule has 2 nitrogen and oxygen atoms in total. The summed E-state index contributed by atoms with van der Waals surface area (Å²) in [7, 11) is 0. The lowest BCUT2D eigenvalue weighted by molar-refractivity contribution is -0.301. The van der Waals surface area contributed by atoms with Crippen LogP contribution in [0.3, 0.4) is 0 Å². The summed E-state index contributed by atoms with van der Waals surface area (Å²) in [6, 6.07) is 0.956. The molecule has 20 heavy (non-hydrogen) atoms. The third kappa shape index (κ3) is 3.90. The van der Waals surface area contributed by atoms with Gasteiger partial charge in [-0.3, -0.25) is 0 Å². The molecule has 114 valence electrons. The molecule has 0 aliphatic rings. The van der Waals surface area contributed by atoms with E-state index in [-0.39, 0.29) is 6.07 Å². The maximum Gasteiger partial charge on any atom is 0.434 e. The lowest BCUT2D eigenvalue weighted by Crippen LogP contribution is -2.47. The summed E-state index contributed by atoms with van der Waals surface area (Å²) >= 11 is 0. The molecule has 1 rings (SSSR count). The lowest BCUT2D eigenvalue weighted by Gasteiger charge is -2.24. The maximum absolute atomic E-state index is 12.4. The molecule has 0 radical (unpaired) electrons. The second-order valence-electron chi connectivity index (χ2n) is 3.43. The molecule has 0 saturated carbocycles. The van der Waals surface area contributed by atoms with Crippen molar-refractivity contribution in [2.75, 3.05) is 0 Å². The zero-order valence-corrected chi connectivity index (χ0v) is 9.07. The van der Waals surface area contributed by atoms with Gasteiger partial charge in [-0.2, -0.15) is 39.5 Å². The van der Waals surface area contributed by atoms with Crippen LogP contribution in [0, 0.1) is 0 Å². The highest BCUT2D eigenvalue weighted by Gasteiger charge is 2.59. The minimum Gasteiger partial charge on any atom is -0.454 e. The van der Waals surface area contributed by atoms with E-state index in [1.165, 1.54) is 0 Å². The molecule has 0 spiro atoms. The summed E-state index contributed by atoms with van der Waals surface area (Å²) in [5.41, 5.74) is -1.83. The van der Waals surface area contributed by atoms with E-state index in [9.17, 15) is 39.5 Å². The van der Waals surface area contributed by atoms with Gasteiger partial charge in [0.2, 0.25) is 5.88 Å². The van der Waals surface area contributed by atoms with E-state index in [1.807, 2.05) is 0 Å². The molecule has 0 atom stereocenters. The van der Waals surface area contributed by atoms with E-state index < -0.39 is 36.1 Å². The first-order valence-corrected chi connectivity index (χ1v) is 4.66. The topological polar surface area (TPSA) is 22.1 Å². The Kier molecular flexibility index (Phi) is 4.11. The number of nitrogens with zero attached hydrogens (tertiary/aromatic N) is 1. The quantitative estimate of drug-likeness (QED) is 0.771. The summed E-state index contributed by atoms with van der Waals surface area (Å²) in [6.45, 7) is 0. The van der Waals surface area contributed by atoms with Gasteiger partial charge in [0.05, 0.1) is 0 Å². The predicted octanol–water partition coefficient (Wildman–Crippen LogP) is 3.97. The molecule has 0 saturated heterocycles. The fourth-order valence-corrected chi connectivity index (χ4v) is 1.13. The molecule has 0 N–H and O–H groups in total. The Morgan fingerprint density at radius 3 is 1.80 bits per heavy atom. The number of aromatic nitrogens is 1. The molecule has 0 aliphatic carbocycles. The highest BCUT2D eigenvalue weighted by Crippen LogP contribution is 2.40. The lowest BCUT2D eigenvalue weighted by atomic mass is 10.2. The fraction of sp³-hybridized carbons (Fsp3) is 0.444. The zero-order chi connectivity index (χ0) is 15.8. The summed E-state index contributed by atoms with van der Waals surface area (Å²) in [6.07, 6.45) is -20.9. The highest BCUT2D eigenvalue weighted by atomic mass is 19.4.